The second kappa shape index (κ2) is 9.18. The van der Waals surface area contributed by atoms with Crippen LogP contribution in [0.15, 0.2) is 48.0 Å². The van der Waals surface area contributed by atoms with Gasteiger partial charge in [-0.25, -0.2) is 4.98 Å². The fraction of sp³-hybridized carbons (Fsp3) is 0.368. The van der Waals surface area contributed by atoms with Crippen LogP contribution >= 0.6 is 24.0 Å². The molecular weight excluding hydrogens is 467 g/mol. The monoisotopic (exact) mass is 492 g/mol. The molecule has 1 aliphatic heterocycles. The van der Waals surface area contributed by atoms with Crippen LogP contribution in [0.5, 0.6) is 0 Å². The molecule has 148 valence electrons. The minimum Gasteiger partial charge on any atom is -0.352 e. The molecule has 0 amide bonds. The number of hydrogen-bond acceptors (Lipinski definition) is 4. The molecule has 1 unspecified atom stereocenters. The van der Waals surface area contributed by atoms with E-state index in [1.54, 1.807) is 0 Å². The lowest BCUT2D eigenvalue weighted by atomic mass is 10.0. The van der Waals surface area contributed by atoms with E-state index < -0.39 is 0 Å². The van der Waals surface area contributed by atoms with Crippen molar-refractivity contribution < 1.29 is 0 Å². The summed E-state index contributed by atoms with van der Waals surface area (Å²) < 4.78 is 1.87. The molecule has 0 aliphatic carbocycles. The fourth-order valence-electron chi connectivity index (χ4n) is 3.56. The molecule has 0 radical (unpaired) electrons. The van der Waals surface area contributed by atoms with Crippen molar-refractivity contribution in [3.63, 3.8) is 0 Å². The largest absolute Gasteiger partial charge is 0.352 e. The number of guanidine groups is 1. The second-order valence-electron chi connectivity index (χ2n) is 6.81. The summed E-state index contributed by atoms with van der Waals surface area (Å²) in [5.74, 6) is 2.22. The predicted molar refractivity (Wildman–Crippen MR) is 120 cm³/mol. The highest BCUT2D eigenvalue weighted by Gasteiger charge is 2.26. The van der Waals surface area contributed by atoms with Gasteiger partial charge in [-0.3, -0.25) is 14.8 Å². The molecule has 2 N–H and O–H groups in total. The summed E-state index contributed by atoms with van der Waals surface area (Å²) in [5.41, 5.74) is 3.50. The molecule has 1 aromatic carbocycles. The average molecular weight is 492 g/mol. The maximum Gasteiger partial charge on any atom is 0.193 e. The molecule has 28 heavy (non-hydrogen) atoms. The molecule has 2 aromatic heterocycles. The maximum atomic E-state index is 4.47. The third-order valence-corrected chi connectivity index (χ3v) is 4.96. The molecule has 1 saturated heterocycles. The van der Waals surface area contributed by atoms with Crippen molar-refractivity contribution in [3.8, 4) is 11.4 Å². The number of rotatable bonds is 4. The van der Waals surface area contributed by atoms with Gasteiger partial charge < -0.3 is 10.2 Å². The summed E-state index contributed by atoms with van der Waals surface area (Å²) in [7, 11) is 3.80. The van der Waals surface area contributed by atoms with E-state index in [1.165, 1.54) is 17.5 Å². The Hall–Kier alpha value is -2.43. The molecule has 9 heteroatoms. The summed E-state index contributed by atoms with van der Waals surface area (Å²) >= 11 is 0. The number of aryl methyl sites for hydroxylation is 1. The lowest BCUT2D eigenvalue weighted by molar-refractivity contribution is 0.486. The summed E-state index contributed by atoms with van der Waals surface area (Å²) in [6.07, 6.45) is 6.72. The number of likely N-dealkylation sites (tertiary alicyclic amines) is 1. The number of nitrogens with zero attached hydrogens (tertiary/aromatic N) is 6. The Labute approximate surface area is 181 Å². The summed E-state index contributed by atoms with van der Waals surface area (Å²) in [4.78, 5) is 11.0. The van der Waals surface area contributed by atoms with Gasteiger partial charge in [-0.15, -0.1) is 24.0 Å². The zero-order valence-corrected chi connectivity index (χ0v) is 18.4. The van der Waals surface area contributed by atoms with Gasteiger partial charge in [0.1, 0.15) is 6.33 Å². The quantitative estimate of drug-likeness (QED) is 0.332. The third-order valence-electron chi connectivity index (χ3n) is 4.96. The highest BCUT2D eigenvalue weighted by atomic mass is 127. The van der Waals surface area contributed by atoms with Crippen molar-refractivity contribution in [1.29, 1.82) is 0 Å². The Bertz CT molecular complexity index is 918. The van der Waals surface area contributed by atoms with E-state index in [2.05, 4.69) is 53.8 Å². The van der Waals surface area contributed by atoms with E-state index in [4.69, 9.17) is 0 Å². The smallest absolute Gasteiger partial charge is 0.193 e. The highest BCUT2D eigenvalue weighted by Crippen LogP contribution is 2.26. The lowest BCUT2D eigenvalue weighted by Crippen LogP contribution is -2.39. The number of H-pyrrole nitrogens is 1. The lowest BCUT2D eigenvalue weighted by Gasteiger charge is -2.21. The van der Waals surface area contributed by atoms with Gasteiger partial charge in [0.05, 0.1) is 6.20 Å². The summed E-state index contributed by atoms with van der Waals surface area (Å²) in [5, 5.41) is 14.6. The first-order chi connectivity index (χ1) is 13.2. The zero-order valence-electron chi connectivity index (χ0n) is 16.0. The Morgan fingerprint density at radius 1 is 1.39 bits per heavy atom. The van der Waals surface area contributed by atoms with Crippen molar-refractivity contribution in [2.75, 3.05) is 20.1 Å². The molecule has 4 rings (SSSR count). The molecule has 1 fully saturated rings. The number of aliphatic imine (C=N–C) groups is 1. The van der Waals surface area contributed by atoms with Gasteiger partial charge >= 0.3 is 0 Å². The van der Waals surface area contributed by atoms with Crippen LogP contribution in [0.4, 0.5) is 0 Å². The van der Waals surface area contributed by atoms with Gasteiger partial charge in [0.25, 0.3) is 0 Å². The average Bonchev–Trinajstić information content (AvgIpc) is 3.44. The summed E-state index contributed by atoms with van der Waals surface area (Å²) in [6, 6.07) is 8.27. The molecule has 0 spiro atoms. The second-order valence-corrected chi connectivity index (χ2v) is 6.81. The number of halogens is 1. The first-order valence-corrected chi connectivity index (χ1v) is 9.12. The van der Waals surface area contributed by atoms with Crippen LogP contribution in [-0.4, -0.2) is 56.0 Å². The van der Waals surface area contributed by atoms with Crippen molar-refractivity contribution in [1.82, 2.24) is 35.2 Å². The Balaban J connectivity index is 0.00000225. The molecule has 8 nitrogen and oxygen atoms in total. The first-order valence-electron chi connectivity index (χ1n) is 9.12. The van der Waals surface area contributed by atoms with Gasteiger partial charge in [0.15, 0.2) is 11.8 Å². The Morgan fingerprint density at radius 2 is 2.29 bits per heavy atom. The Morgan fingerprint density at radius 3 is 3.00 bits per heavy atom. The predicted octanol–water partition coefficient (Wildman–Crippen LogP) is 2.39. The molecule has 1 aliphatic rings. The fourth-order valence-corrected chi connectivity index (χ4v) is 3.56. The van der Waals surface area contributed by atoms with Crippen LogP contribution in [0.1, 0.15) is 23.5 Å². The molecule has 3 aromatic rings. The van der Waals surface area contributed by atoms with E-state index in [0.717, 1.165) is 36.9 Å². The first kappa shape index (κ1) is 20.3. The molecule has 0 bridgehead atoms. The standard InChI is InChI=1S/C19H24N8.HI/c1-20-19(27-7-6-16(12-27)17-10-24-26(2)11-17)21-9-14-4-3-5-15(8-14)18-22-13-23-25-18;/h3-5,8,10-11,13,16H,6-7,9,12H2,1-2H3,(H,20,21)(H,22,23,25);1H. The number of aromatic nitrogens is 5. The molecule has 3 heterocycles. The van der Waals surface area contributed by atoms with Crippen molar-refractivity contribution >= 4 is 29.9 Å². The van der Waals surface area contributed by atoms with E-state index in [0.29, 0.717) is 12.5 Å². The van der Waals surface area contributed by atoms with Crippen LogP contribution < -0.4 is 5.32 Å². The van der Waals surface area contributed by atoms with Crippen LogP contribution in [0.3, 0.4) is 0 Å². The van der Waals surface area contributed by atoms with E-state index >= 15 is 0 Å². The minimum absolute atomic E-state index is 0. The van der Waals surface area contributed by atoms with Crippen molar-refractivity contribution in [2.24, 2.45) is 12.0 Å². The van der Waals surface area contributed by atoms with Crippen molar-refractivity contribution in [3.05, 3.63) is 54.1 Å². The van der Waals surface area contributed by atoms with Crippen LogP contribution in [0.25, 0.3) is 11.4 Å². The number of benzene rings is 1. The maximum absolute atomic E-state index is 4.47. The highest BCUT2D eigenvalue weighted by molar-refractivity contribution is 14.0. The SMILES string of the molecule is CN=C(NCc1cccc(-c2ncn[nH]2)c1)N1CCC(c2cnn(C)c2)C1.I. The Kier molecular flexibility index (Phi) is 6.65. The van der Waals surface area contributed by atoms with Crippen LogP contribution in [-0.2, 0) is 13.6 Å². The topological polar surface area (TPSA) is 87.0 Å². The minimum atomic E-state index is 0. The normalized spacial score (nSPS) is 16.9. The molecule has 0 saturated carbocycles. The van der Waals surface area contributed by atoms with Gasteiger partial charge in [-0.1, -0.05) is 18.2 Å². The van der Waals surface area contributed by atoms with Crippen LogP contribution in [0.2, 0.25) is 0 Å². The van der Waals surface area contributed by atoms with Gasteiger partial charge in [-0.2, -0.15) is 10.2 Å². The van der Waals surface area contributed by atoms with Gasteiger partial charge in [0, 0.05) is 51.4 Å². The third kappa shape index (κ3) is 4.51. The van der Waals surface area contributed by atoms with E-state index in [1.807, 2.05) is 37.1 Å². The van der Waals surface area contributed by atoms with Gasteiger partial charge in [0.2, 0.25) is 0 Å². The van der Waals surface area contributed by atoms with Gasteiger partial charge in [-0.05, 0) is 23.6 Å². The molecular formula is C19H25IN8. The summed E-state index contributed by atoms with van der Waals surface area (Å²) in [6.45, 7) is 2.67. The van der Waals surface area contributed by atoms with Crippen molar-refractivity contribution in [2.45, 2.75) is 18.9 Å². The number of aromatic amines is 1. The number of nitrogens with one attached hydrogen (secondary N) is 2. The van der Waals surface area contributed by atoms with Crippen LogP contribution in [0, 0.1) is 0 Å². The zero-order chi connectivity index (χ0) is 18.6. The van der Waals surface area contributed by atoms with E-state index in [9.17, 15) is 0 Å². The number of hydrogen-bond donors (Lipinski definition) is 2. The molecule has 1 atom stereocenters. The van der Waals surface area contributed by atoms with E-state index in [-0.39, 0.29) is 24.0 Å².